The van der Waals surface area contributed by atoms with Gasteiger partial charge in [0.1, 0.15) is 0 Å². The lowest BCUT2D eigenvalue weighted by Crippen LogP contribution is -2.25. The summed E-state index contributed by atoms with van der Waals surface area (Å²) >= 11 is 0. The minimum Gasteiger partial charge on any atom is -0.294 e. The smallest absolute Gasteiger partial charge is 0.215 e. The minimum absolute atomic E-state index is 0.236. The molecule has 11 heavy (non-hydrogen) atoms. The quantitative estimate of drug-likeness (QED) is 0.543. The van der Waals surface area contributed by atoms with Crippen molar-refractivity contribution in [1.82, 2.24) is 20.2 Å². The third-order valence-electron chi connectivity index (χ3n) is 1.23. The number of nitrogens with zero attached hydrogens (tertiary/aromatic N) is 4. The number of carbonyl (C=O) groups is 1. The summed E-state index contributed by atoms with van der Waals surface area (Å²) < 4.78 is 1.49. The molecule has 0 atom stereocenters. The Morgan fingerprint density at radius 2 is 2.09 bits per heavy atom. The Labute approximate surface area is 64.4 Å². The Kier molecular flexibility index (Phi) is 1.72. The molecule has 60 valence electrons. The van der Waals surface area contributed by atoms with Gasteiger partial charge in [-0.05, 0) is 31.2 Å². The zero-order valence-corrected chi connectivity index (χ0v) is 6.77. The molecule has 0 spiro atoms. The molecular weight excluding hydrogens is 144 g/mol. The van der Waals surface area contributed by atoms with Crippen molar-refractivity contribution in [1.29, 1.82) is 0 Å². The van der Waals surface area contributed by atoms with Crippen molar-refractivity contribution >= 4 is 6.29 Å². The molecule has 1 aromatic heterocycles. The number of hydrogen-bond acceptors (Lipinski definition) is 4. The van der Waals surface area contributed by atoms with E-state index in [1.165, 1.54) is 4.68 Å². The van der Waals surface area contributed by atoms with Crippen LogP contribution in [0.15, 0.2) is 0 Å². The number of aldehydes is 1. The van der Waals surface area contributed by atoms with Crippen LogP contribution in [0.5, 0.6) is 0 Å². The van der Waals surface area contributed by atoms with E-state index in [-0.39, 0.29) is 11.4 Å². The van der Waals surface area contributed by atoms with Crippen molar-refractivity contribution in [2.24, 2.45) is 0 Å². The number of rotatable bonds is 1. The normalized spacial score (nSPS) is 11.5. The topological polar surface area (TPSA) is 60.7 Å². The highest BCUT2D eigenvalue weighted by molar-refractivity contribution is 5.68. The molecule has 0 unspecified atom stereocenters. The SMILES string of the molecule is CC(C)(C)n1nnnc1C=O. The molecule has 0 aromatic carbocycles. The van der Waals surface area contributed by atoms with Crippen LogP contribution in [0.25, 0.3) is 0 Å². The van der Waals surface area contributed by atoms with Crippen molar-refractivity contribution in [2.75, 3.05) is 0 Å². The summed E-state index contributed by atoms with van der Waals surface area (Å²) in [5, 5.41) is 10.6. The maximum atomic E-state index is 10.4. The first kappa shape index (κ1) is 7.84. The van der Waals surface area contributed by atoms with E-state index >= 15 is 0 Å². The average Bonchev–Trinajstić information content (AvgIpc) is 2.31. The molecule has 0 radical (unpaired) electrons. The fourth-order valence-electron chi connectivity index (χ4n) is 0.745. The predicted octanol–water partition coefficient (Wildman–Crippen LogP) is 0.241. The molecule has 0 fully saturated rings. The molecule has 1 rings (SSSR count). The molecule has 0 N–H and O–H groups in total. The van der Waals surface area contributed by atoms with Crippen LogP contribution in [-0.4, -0.2) is 26.5 Å². The van der Waals surface area contributed by atoms with Gasteiger partial charge in [0.05, 0.1) is 5.54 Å². The highest BCUT2D eigenvalue weighted by atomic mass is 16.1. The van der Waals surface area contributed by atoms with Crippen molar-refractivity contribution in [2.45, 2.75) is 26.3 Å². The van der Waals surface area contributed by atoms with Gasteiger partial charge in [0.2, 0.25) is 5.82 Å². The molecule has 1 aromatic rings. The summed E-state index contributed by atoms with van der Waals surface area (Å²) in [4.78, 5) is 10.4. The van der Waals surface area contributed by atoms with Gasteiger partial charge in [-0.2, -0.15) is 0 Å². The maximum absolute atomic E-state index is 10.4. The van der Waals surface area contributed by atoms with E-state index in [4.69, 9.17) is 0 Å². The predicted molar refractivity (Wildman–Crippen MR) is 38.2 cm³/mol. The van der Waals surface area contributed by atoms with Gasteiger partial charge in [-0.1, -0.05) is 0 Å². The average molecular weight is 154 g/mol. The van der Waals surface area contributed by atoms with Crippen LogP contribution in [-0.2, 0) is 5.54 Å². The lowest BCUT2D eigenvalue weighted by atomic mass is 10.1. The van der Waals surface area contributed by atoms with Crippen LogP contribution in [0.3, 0.4) is 0 Å². The van der Waals surface area contributed by atoms with E-state index in [0.717, 1.165) is 0 Å². The van der Waals surface area contributed by atoms with Crippen LogP contribution in [0.2, 0.25) is 0 Å². The van der Waals surface area contributed by atoms with Crippen LogP contribution >= 0.6 is 0 Å². The summed E-state index contributed by atoms with van der Waals surface area (Å²) in [6.07, 6.45) is 0.644. The molecule has 5 heteroatoms. The van der Waals surface area contributed by atoms with Crippen molar-refractivity contribution in [3.63, 3.8) is 0 Å². The van der Waals surface area contributed by atoms with Crippen LogP contribution in [0.1, 0.15) is 31.4 Å². The minimum atomic E-state index is -0.236. The largest absolute Gasteiger partial charge is 0.294 e. The molecule has 5 nitrogen and oxygen atoms in total. The molecule has 0 bridgehead atoms. The fraction of sp³-hybridized carbons (Fsp3) is 0.667. The molecular formula is C6H10N4O. The van der Waals surface area contributed by atoms with Gasteiger partial charge in [-0.15, -0.1) is 5.10 Å². The summed E-state index contributed by atoms with van der Waals surface area (Å²) in [5.74, 6) is 0.262. The Balaban J connectivity index is 3.12. The van der Waals surface area contributed by atoms with E-state index in [0.29, 0.717) is 6.29 Å². The molecule has 0 aliphatic carbocycles. The highest BCUT2D eigenvalue weighted by Crippen LogP contribution is 2.11. The molecule has 0 aliphatic rings. The van der Waals surface area contributed by atoms with Gasteiger partial charge in [-0.3, -0.25) is 4.79 Å². The Bertz CT molecular complexity index is 260. The van der Waals surface area contributed by atoms with E-state index in [1.54, 1.807) is 0 Å². The van der Waals surface area contributed by atoms with Crippen LogP contribution < -0.4 is 0 Å². The second kappa shape index (κ2) is 2.41. The third kappa shape index (κ3) is 1.42. The zero-order valence-electron chi connectivity index (χ0n) is 6.77. The molecule has 0 aliphatic heterocycles. The molecule has 0 amide bonds. The first-order valence-electron chi connectivity index (χ1n) is 3.30. The van der Waals surface area contributed by atoms with Gasteiger partial charge >= 0.3 is 0 Å². The van der Waals surface area contributed by atoms with Crippen LogP contribution in [0.4, 0.5) is 0 Å². The van der Waals surface area contributed by atoms with E-state index in [9.17, 15) is 4.79 Å². The Morgan fingerprint density at radius 1 is 1.45 bits per heavy atom. The van der Waals surface area contributed by atoms with E-state index in [2.05, 4.69) is 15.5 Å². The van der Waals surface area contributed by atoms with Gasteiger partial charge in [0.15, 0.2) is 6.29 Å². The van der Waals surface area contributed by atoms with Crippen molar-refractivity contribution < 1.29 is 4.79 Å². The number of aromatic nitrogens is 4. The molecule has 0 saturated carbocycles. The standard InChI is InChI=1S/C6H10N4O/c1-6(2,3)10-5(4-11)7-8-9-10/h4H,1-3H3. The van der Waals surface area contributed by atoms with Gasteiger partial charge < -0.3 is 0 Å². The van der Waals surface area contributed by atoms with Crippen LogP contribution in [0, 0.1) is 0 Å². The molecule has 0 saturated heterocycles. The first-order valence-corrected chi connectivity index (χ1v) is 3.30. The lowest BCUT2D eigenvalue weighted by Gasteiger charge is -2.17. The van der Waals surface area contributed by atoms with Gasteiger partial charge in [-0.25, -0.2) is 4.68 Å². The zero-order chi connectivity index (χ0) is 8.48. The second-order valence-corrected chi connectivity index (χ2v) is 3.24. The van der Waals surface area contributed by atoms with Gasteiger partial charge in [0.25, 0.3) is 0 Å². The highest BCUT2D eigenvalue weighted by Gasteiger charge is 2.18. The molecule has 1 heterocycles. The fourth-order valence-corrected chi connectivity index (χ4v) is 0.745. The maximum Gasteiger partial charge on any atom is 0.215 e. The first-order chi connectivity index (χ1) is 5.05. The summed E-state index contributed by atoms with van der Waals surface area (Å²) in [6.45, 7) is 5.78. The Morgan fingerprint density at radius 3 is 2.45 bits per heavy atom. The van der Waals surface area contributed by atoms with E-state index in [1.807, 2.05) is 20.8 Å². The number of tetrazole rings is 1. The van der Waals surface area contributed by atoms with Gasteiger partial charge in [0, 0.05) is 0 Å². The van der Waals surface area contributed by atoms with Crippen molar-refractivity contribution in [3.05, 3.63) is 5.82 Å². The number of hydrogen-bond donors (Lipinski definition) is 0. The van der Waals surface area contributed by atoms with E-state index < -0.39 is 0 Å². The summed E-state index contributed by atoms with van der Waals surface area (Å²) in [7, 11) is 0. The number of carbonyl (C=O) groups excluding carboxylic acids is 1. The summed E-state index contributed by atoms with van der Waals surface area (Å²) in [5.41, 5.74) is -0.236. The lowest BCUT2D eigenvalue weighted by molar-refractivity contribution is 0.110. The summed E-state index contributed by atoms with van der Waals surface area (Å²) in [6, 6.07) is 0. The third-order valence-corrected chi connectivity index (χ3v) is 1.23. The second-order valence-electron chi connectivity index (χ2n) is 3.24. The monoisotopic (exact) mass is 154 g/mol. The van der Waals surface area contributed by atoms with Crippen molar-refractivity contribution in [3.8, 4) is 0 Å². The Hall–Kier alpha value is -1.26.